The number of amides is 1. The van der Waals surface area contributed by atoms with Gasteiger partial charge in [0.1, 0.15) is 30.3 Å². The molecule has 0 aliphatic rings. The molecule has 0 saturated heterocycles. The highest BCUT2D eigenvalue weighted by Crippen LogP contribution is 2.29. The van der Waals surface area contributed by atoms with Gasteiger partial charge in [0.05, 0.1) is 10.9 Å². The molecule has 0 spiro atoms. The minimum absolute atomic E-state index is 0.0108. The number of rotatable bonds is 6. The molecule has 0 bridgehead atoms. The molecule has 5 rings (SSSR count). The molecule has 9 nitrogen and oxygen atoms in total. The number of para-hydroxylation sites is 1. The lowest BCUT2D eigenvalue weighted by Crippen LogP contribution is -2.37. The summed E-state index contributed by atoms with van der Waals surface area (Å²) >= 11 is 0. The number of aromatic nitrogens is 2. The number of phenols is 1. The first-order valence-electron chi connectivity index (χ1n) is 12.5. The van der Waals surface area contributed by atoms with Crippen LogP contribution in [0, 0.1) is 5.41 Å². The Kier molecular flexibility index (Phi) is 8.46. The first-order valence-corrected chi connectivity index (χ1v) is 12.5. The smallest absolute Gasteiger partial charge is 0.430 e. The minimum Gasteiger partial charge on any atom is -0.542 e. The molecule has 3 aromatic carbocycles. The first-order chi connectivity index (χ1) is 19.9. The van der Waals surface area contributed by atoms with E-state index >= 15 is 0 Å². The molecule has 42 heavy (non-hydrogen) atoms. The maximum absolute atomic E-state index is 13.4. The number of aryl methyl sites for hydroxylation is 1. The Morgan fingerprint density at radius 3 is 2.40 bits per heavy atom. The van der Waals surface area contributed by atoms with Crippen LogP contribution in [-0.2, 0) is 24.9 Å². The highest BCUT2D eigenvalue weighted by atomic mass is 19.4. The molecule has 0 atom stereocenters. The van der Waals surface area contributed by atoms with E-state index < -0.39 is 12.1 Å². The van der Waals surface area contributed by atoms with Crippen LogP contribution >= 0.6 is 0 Å². The number of nitrogen functional groups attached to an aromatic ring is 1. The summed E-state index contributed by atoms with van der Waals surface area (Å²) in [5.74, 6) is -3.13. The highest BCUT2D eigenvalue weighted by molar-refractivity contribution is 6.00. The fraction of sp³-hybridized carbons (Fsp3) is 0.133. The van der Waals surface area contributed by atoms with Crippen molar-refractivity contribution in [1.82, 2.24) is 9.88 Å². The first kappa shape index (κ1) is 29.6. The number of aliphatic carboxylic acids is 1. The van der Waals surface area contributed by atoms with E-state index in [9.17, 15) is 23.1 Å². The zero-order valence-corrected chi connectivity index (χ0v) is 22.3. The third-order valence-electron chi connectivity index (χ3n) is 6.53. The number of alkyl halides is 3. The number of nitrogens with one attached hydrogen (secondary N) is 2. The summed E-state index contributed by atoms with van der Waals surface area (Å²) in [4.78, 5) is 22.2. The quantitative estimate of drug-likeness (QED) is 0.139. The number of carboxylic acid groups (broad SMARTS) is 1. The predicted molar refractivity (Wildman–Crippen MR) is 148 cm³/mol. The number of phenolic OH excluding ortho intramolecular Hbond substituents is 1. The third kappa shape index (κ3) is 6.49. The Hall–Kier alpha value is -5.39. The molecule has 2 aromatic heterocycles. The zero-order chi connectivity index (χ0) is 30.6. The van der Waals surface area contributed by atoms with Crippen LogP contribution in [0.4, 0.5) is 13.2 Å². The Labute approximate surface area is 237 Å². The van der Waals surface area contributed by atoms with Crippen LogP contribution in [0.1, 0.15) is 27.2 Å². The predicted octanol–water partition coefficient (Wildman–Crippen LogP) is 2.89. The fourth-order valence-corrected chi connectivity index (χ4v) is 4.49. The maximum atomic E-state index is 13.4. The van der Waals surface area contributed by atoms with Crippen LogP contribution in [0.3, 0.4) is 0 Å². The van der Waals surface area contributed by atoms with E-state index in [1.165, 1.54) is 0 Å². The van der Waals surface area contributed by atoms with Gasteiger partial charge < -0.3 is 30.6 Å². The number of carbonyl (C=O) groups excluding carboxylic acids is 2. The average Bonchev–Trinajstić information content (AvgIpc) is 3.32. The van der Waals surface area contributed by atoms with Gasteiger partial charge in [0.15, 0.2) is 6.20 Å². The van der Waals surface area contributed by atoms with Crippen molar-refractivity contribution in [2.75, 3.05) is 0 Å². The second-order valence-electron chi connectivity index (χ2n) is 9.38. The van der Waals surface area contributed by atoms with E-state index in [1.807, 2.05) is 66.3 Å². The van der Waals surface area contributed by atoms with Gasteiger partial charge in [0, 0.05) is 36.2 Å². The second kappa shape index (κ2) is 12.0. The van der Waals surface area contributed by atoms with Gasteiger partial charge in [-0.1, -0.05) is 36.4 Å². The van der Waals surface area contributed by atoms with Crippen LogP contribution in [0.5, 0.6) is 5.75 Å². The molecule has 0 radical (unpaired) electrons. The summed E-state index contributed by atoms with van der Waals surface area (Å²) in [5, 5.41) is 31.7. The summed E-state index contributed by atoms with van der Waals surface area (Å²) in [6.45, 7) is 0.758. The van der Waals surface area contributed by atoms with Gasteiger partial charge in [-0.05, 0) is 41.5 Å². The van der Waals surface area contributed by atoms with Gasteiger partial charge in [-0.2, -0.15) is 13.2 Å². The molecular formula is C30H26F3N5O4. The SMILES string of the molecule is C[n+]1ccc(CNC(=O)c2cc3c(O)cccc3n2Cc2cccc(C(=N)N)c2)c2ccccc21.O=C([O-])C(F)(F)F. The van der Waals surface area contributed by atoms with E-state index in [4.69, 9.17) is 21.0 Å². The van der Waals surface area contributed by atoms with E-state index in [-0.39, 0.29) is 17.5 Å². The zero-order valence-electron chi connectivity index (χ0n) is 22.3. The minimum atomic E-state index is -5.19. The van der Waals surface area contributed by atoms with Gasteiger partial charge in [0.25, 0.3) is 5.91 Å². The van der Waals surface area contributed by atoms with Crippen LogP contribution in [0.15, 0.2) is 85.1 Å². The Morgan fingerprint density at radius 1 is 1.02 bits per heavy atom. The monoisotopic (exact) mass is 577 g/mol. The van der Waals surface area contributed by atoms with Crippen molar-refractivity contribution in [2.24, 2.45) is 12.8 Å². The normalized spacial score (nSPS) is 11.1. The lowest BCUT2D eigenvalue weighted by molar-refractivity contribution is -0.644. The van der Waals surface area contributed by atoms with E-state index in [0.717, 1.165) is 27.5 Å². The Balaban J connectivity index is 0.000000517. The third-order valence-corrected chi connectivity index (χ3v) is 6.53. The fourth-order valence-electron chi connectivity index (χ4n) is 4.49. The molecule has 5 N–H and O–H groups in total. The Morgan fingerprint density at radius 2 is 1.71 bits per heavy atom. The number of nitrogens with two attached hydrogens (primary N) is 1. The van der Waals surface area contributed by atoms with Crippen molar-refractivity contribution in [2.45, 2.75) is 19.3 Å². The number of hydrogen-bond donors (Lipinski definition) is 4. The van der Waals surface area contributed by atoms with Gasteiger partial charge in [0.2, 0.25) is 5.52 Å². The molecule has 0 unspecified atom stereocenters. The van der Waals surface area contributed by atoms with Crippen molar-refractivity contribution >= 4 is 39.5 Å². The molecule has 12 heteroatoms. The van der Waals surface area contributed by atoms with Crippen molar-refractivity contribution in [3.63, 3.8) is 0 Å². The number of carboxylic acids is 1. The topological polar surface area (TPSA) is 148 Å². The van der Waals surface area contributed by atoms with Crippen molar-refractivity contribution < 1.29 is 37.5 Å². The maximum Gasteiger partial charge on any atom is 0.430 e. The molecule has 2 heterocycles. The average molecular weight is 578 g/mol. The van der Waals surface area contributed by atoms with Crippen LogP contribution in [0.2, 0.25) is 0 Å². The molecular weight excluding hydrogens is 551 g/mol. The number of nitrogens with zero attached hydrogens (tertiary/aromatic N) is 2. The summed E-state index contributed by atoms with van der Waals surface area (Å²) in [6.07, 6.45) is -3.21. The Bertz CT molecular complexity index is 1810. The highest BCUT2D eigenvalue weighted by Gasteiger charge is 2.28. The molecule has 5 aromatic rings. The summed E-state index contributed by atoms with van der Waals surface area (Å²) in [5.41, 5.74) is 10.5. The van der Waals surface area contributed by atoms with Gasteiger partial charge in [-0.3, -0.25) is 10.2 Å². The number of hydrogen-bond acceptors (Lipinski definition) is 5. The van der Waals surface area contributed by atoms with Gasteiger partial charge in [-0.25, -0.2) is 4.57 Å². The molecule has 0 saturated carbocycles. The lowest BCUT2D eigenvalue weighted by atomic mass is 10.1. The van der Waals surface area contributed by atoms with Crippen molar-refractivity contribution in [3.8, 4) is 5.75 Å². The summed E-state index contributed by atoms with van der Waals surface area (Å²) < 4.78 is 35.5. The molecule has 0 fully saturated rings. The van der Waals surface area contributed by atoms with Crippen molar-refractivity contribution in [1.29, 1.82) is 5.41 Å². The number of amidine groups is 1. The molecule has 1 amide bonds. The van der Waals surface area contributed by atoms with E-state index in [1.54, 1.807) is 24.3 Å². The van der Waals surface area contributed by atoms with Gasteiger partial charge in [-0.15, -0.1) is 0 Å². The van der Waals surface area contributed by atoms with Gasteiger partial charge >= 0.3 is 6.18 Å². The van der Waals surface area contributed by atoms with E-state index in [2.05, 4.69) is 16.0 Å². The second-order valence-corrected chi connectivity index (χ2v) is 9.38. The number of benzene rings is 3. The number of carbonyl (C=O) groups is 2. The largest absolute Gasteiger partial charge is 0.542 e. The van der Waals surface area contributed by atoms with E-state index in [0.29, 0.717) is 29.7 Å². The lowest BCUT2D eigenvalue weighted by Gasteiger charge is -2.13. The number of pyridine rings is 1. The standard InChI is InChI=1S/C28H25N5O2.C2HF3O2/c1-32-13-12-20(21-8-2-3-9-23(21)32)16-31-28(35)25-15-22-24(10-5-11-26(22)34)33(25)17-18-6-4-7-19(14-18)27(29)30;3-2(4,5)1(6)7/h2-15H,16-17H2,1H3,(H4-,29,30,31,34,35);(H,6,7). The molecule has 216 valence electrons. The summed E-state index contributed by atoms with van der Waals surface area (Å²) in [6, 6.07) is 24.5. The van der Waals surface area contributed by atoms with Crippen LogP contribution in [0.25, 0.3) is 21.8 Å². The molecule has 0 aliphatic carbocycles. The van der Waals surface area contributed by atoms with Crippen LogP contribution < -0.4 is 20.7 Å². The van der Waals surface area contributed by atoms with Crippen molar-refractivity contribution in [3.05, 3.63) is 107 Å². The number of halogens is 3. The number of aromatic hydroxyl groups is 1. The summed E-state index contributed by atoms with van der Waals surface area (Å²) in [7, 11) is 2.00. The molecule has 0 aliphatic heterocycles. The van der Waals surface area contributed by atoms with Crippen LogP contribution in [-0.4, -0.2) is 33.6 Å². The number of fused-ring (bicyclic) bond motifs is 2.